The molecule has 2 fully saturated rings. The molecule has 2 N–H and O–H groups in total. The summed E-state index contributed by atoms with van der Waals surface area (Å²) >= 11 is 1.63. The molecular weight excluding hydrogens is 312 g/mol. The van der Waals surface area contributed by atoms with Crippen LogP contribution < -0.4 is 5.73 Å². The van der Waals surface area contributed by atoms with Crippen LogP contribution in [0.1, 0.15) is 43.2 Å². The molecule has 0 bridgehead atoms. The highest BCUT2D eigenvalue weighted by Gasteiger charge is 2.35. The van der Waals surface area contributed by atoms with Gasteiger partial charge in [0.1, 0.15) is 5.01 Å². The van der Waals surface area contributed by atoms with Gasteiger partial charge in [0.05, 0.1) is 18.5 Å². The van der Waals surface area contributed by atoms with Crippen molar-refractivity contribution in [1.29, 1.82) is 0 Å². The zero-order valence-electron chi connectivity index (χ0n) is 13.3. The van der Waals surface area contributed by atoms with Crippen LogP contribution in [0.5, 0.6) is 0 Å². The van der Waals surface area contributed by atoms with Crippen molar-refractivity contribution in [3.05, 3.63) is 16.6 Å². The third kappa shape index (κ3) is 3.90. The van der Waals surface area contributed by atoms with Gasteiger partial charge in [0.25, 0.3) is 0 Å². The van der Waals surface area contributed by atoms with Gasteiger partial charge in [-0.3, -0.25) is 14.5 Å². The molecule has 6 nitrogen and oxygen atoms in total. The molecule has 1 aromatic heterocycles. The third-order valence-corrected chi connectivity index (χ3v) is 5.63. The van der Waals surface area contributed by atoms with Crippen LogP contribution in [0.2, 0.25) is 0 Å². The molecule has 1 aromatic rings. The van der Waals surface area contributed by atoms with Gasteiger partial charge >= 0.3 is 0 Å². The maximum atomic E-state index is 13.1. The summed E-state index contributed by atoms with van der Waals surface area (Å²) in [5, 5.41) is 3.02. The minimum Gasteiger partial charge on any atom is -0.369 e. The Labute approximate surface area is 140 Å². The average molecular weight is 336 g/mol. The molecule has 0 saturated carbocycles. The molecule has 0 aromatic carbocycles. The smallest absolute Gasteiger partial charge is 0.231 e. The van der Waals surface area contributed by atoms with Crippen LogP contribution in [0.4, 0.5) is 0 Å². The fourth-order valence-corrected chi connectivity index (χ4v) is 4.49. The number of primary amides is 1. The molecule has 0 spiro atoms. The molecule has 2 aliphatic rings. The molecular formula is C16H24N4O2S. The Hall–Kier alpha value is -1.47. The summed E-state index contributed by atoms with van der Waals surface area (Å²) in [6.07, 6.45) is 6.86. The second-order valence-corrected chi connectivity index (χ2v) is 7.38. The number of hydrogen-bond donors (Lipinski definition) is 1. The van der Waals surface area contributed by atoms with E-state index >= 15 is 0 Å². The number of likely N-dealkylation sites (tertiary alicyclic amines) is 2. The summed E-state index contributed by atoms with van der Waals surface area (Å²) in [7, 11) is 0. The lowest BCUT2D eigenvalue weighted by molar-refractivity contribution is -0.142. The van der Waals surface area contributed by atoms with Gasteiger partial charge in [-0.25, -0.2) is 4.98 Å². The first kappa shape index (κ1) is 16.4. The Morgan fingerprint density at radius 3 is 2.87 bits per heavy atom. The number of aromatic nitrogens is 1. The van der Waals surface area contributed by atoms with Crippen molar-refractivity contribution < 1.29 is 9.59 Å². The molecule has 2 amide bonds. The van der Waals surface area contributed by atoms with E-state index in [1.807, 2.05) is 21.4 Å². The number of hydrogen-bond acceptors (Lipinski definition) is 5. The summed E-state index contributed by atoms with van der Waals surface area (Å²) in [5.41, 5.74) is 5.29. The maximum Gasteiger partial charge on any atom is 0.231 e. The number of rotatable bonds is 4. The molecule has 126 valence electrons. The SMILES string of the molecule is NC(=O)CN1CCCC(C(=O)N2CCCCC2c2nccs2)C1. The van der Waals surface area contributed by atoms with E-state index < -0.39 is 0 Å². The van der Waals surface area contributed by atoms with Crippen LogP contribution in [-0.2, 0) is 9.59 Å². The molecule has 3 rings (SSSR count). The fourth-order valence-electron chi connectivity index (χ4n) is 3.71. The normalized spacial score (nSPS) is 26.2. The zero-order valence-corrected chi connectivity index (χ0v) is 14.1. The molecule has 2 aliphatic heterocycles. The minimum absolute atomic E-state index is 0.0244. The van der Waals surface area contributed by atoms with E-state index in [1.54, 1.807) is 11.3 Å². The van der Waals surface area contributed by atoms with E-state index in [0.717, 1.165) is 50.2 Å². The van der Waals surface area contributed by atoms with Crippen LogP contribution in [0.15, 0.2) is 11.6 Å². The number of carbonyl (C=O) groups is 2. The van der Waals surface area contributed by atoms with Crippen molar-refractivity contribution in [2.24, 2.45) is 11.7 Å². The maximum absolute atomic E-state index is 13.1. The lowest BCUT2D eigenvalue weighted by Gasteiger charge is -2.39. The number of piperidine rings is 2. The Kier molecular flexibility index (Phi) is 5.27. The fraction of sp³-hybridized carbons (Fsp3) is 0.688. The lowest BCUT2D eigenvalue weighted by atomic mass is 9.93. The summed E-state index contributed by atoms with van der Waals surface area (Å²) in [4.78, 5) is 32.6. The number of carbonyl (C=O) groups excluding carboxylic acids is 2. The van der Waals surface area contributed by atoms with Crippen LogP contribution in [0.25, 0.3) is 0 Å². The van der Waals surface area contributed by atoms with Crippen molar-refractivity contribution in [2.45, 2.75) is 38.1 Å². The summed E-state index contributed by atoms with van der Waals surface area (Å²) in [5.74, 6) is -0.125. The second-order valence-electron chi connectivity index (χ2n) is 6.45. The Morgan fingerprint density at radius 1 is 1.26 bits per heavy atom. The van der Waals surface area contributed by atoms with E-state index in [4.69, 9.17) is 5.73 Å². The van der Waals surface area contributed by atoms with Crippen LogP contribution in [0, 0.1) is 5.92 Å². The Balaban J connectivity index is 1.68. The van der Waals surface area contributed by atoms with Gasteiger partial charge in [-0.05, 0) is 38.6 Å². The van der Waals surface area contributed by atoms with Gasteiger partial charge in [0.2, 0.25) is 11.8 Å². The first-order valence-electron chi connectivity index (χ1n) is 8.35. The topological polar surface area (TPSA) is 79.5 Å². The summed E-state index contributed by atoms with van der Waals surface area (Å²) in [6.45, 7) is 2.56. The van der Waals surface area contributed by atoms with Crippen molar-refractivity contribution in [1.82, 2.24) is 14.8 Å². The molecule has 0 radical (unpaired) electrons. The third-order valence-electron chi connectivity index (χ3n) is 4.76. The number of thiazole rings is 1. The average Bonchev–Trinajstić information content (AvgIpc) is 3.08. The summed E-state index contributed by atoms with van der Waals surface area (Å²) < 4.78 is 0. The van der Waals surface area contributed by atoms with Gasteiger partial charge < -0.3 is 10.6 Å². The van der Waals surface area contributed by atoms with Gasteiger partial charge in [0, 0.05) is 24.7 Å². The van der Waals surface area contributed by atoms with Crippen LogP contribution in [0.3, 0.4) is 0 Å². The standard InChI is InChI=1S/C16H24N4O2S/c17-14(21)11-19-7-3-4-12(10-19)16(22)20-8-2-1-5-13(20)15-18-6-9-23-15/h6,9,12-13H,1-5,7-8,10-11H2,(H2,17,21). The van der Waals surface area contributed by atoms with E-state index in [-0.39, 0.29) is 30.3 Å². The Morgan fingerprint density at radius 2 is 2.13 bits per heavy atom. The van der Waals surface area contributed by atoms with Gasteiger partial charge in [-0.2, -0.15) is 0 Å². The quantitative estimate of drug-likeness (QED) is 0.901. The minimum atomic E-state index is -0.322. The molecule has 2 unspecified atom stereocenters. The van der Waals surface area contributed by atoms with Crippen LogP contribution >= 0.6 is 11.3 Å². The molecule has 23 heavy (non-hydrogen) atoms. The molecule has 3 heterocycles. The number of nitrogens with zero attached hydrogens (tertiary/aromatic N) is 3. The summed E-state index contributed by atoms with van der Waals surface area (Å²) in [6, 6.07) is 0.128. The highest BCUT2D eigenvalue weighted by molar-refractivity contribution is 7.09. The highest BCUT2D eigenvalue weighted by atomic mass is 32.1. The number of nitrogens with two attached hydrogens (primary N) is 1. The Bertz CT molecular complexity index is 548. The molecule has 7 heteroatoms. The van der Waals surface area contributed by atoms with E-state index in [9.17, 15) is 9.59 Å². The van der Waals surface area contributed by atoms with Gasteiger partial charge in [-0.15, -0.1) is 11.3 Å². The predicted octanol–water partition coefficient (Wildman–Crippen LogP) is 1.39. The van der Waals surface area contributed by atoms with Crippen molar-refractivity contribution in [3.8, 4) is 0 Å². The van der Waals surface area contributed by atoms with Crippen molar-refractivity contribution >= 4 is 23.2 Å². The van der Waals surface area contributed by atoms with Gasteiger partial charge in [0.15, 0.2) is 0 Å². The van der Waals surface area contributed by atoms with Crippen molar-refractivity contribution in [3.63, 3.8) is 0 Å². The first-order valence-corrected chi connectivity index (χ1v) is 9.23. The molecule has 2 saturated heterocycles. The van der Waals surface area contributed by atoms with Crippen LogP contribution in [-0.4, -0.2) is 52.8 Å². The molecule has 0 aliphatic carbocycles. The van der Waals surface area contributed by atoms with E-state index in [2.05, 4.69) is 4.98 Å². The number of amides is 2. The largest absolute Gasteiger partial charge is 0.369 e. The monoisotopic (exact) mass is 336 g/mol. The lowest BCUT2D eigenvalue weighted by Crippen LogP contribution is -2.48. The van der Waals surface area contributed by atoms with Crippen molar-refractivity contribution in [2.75, 3.05) is 26.2 Å². The van der Waals surface area contributed by atoms with Gasteiger partial charge in [-0.1, -0.05) is 0 Å². The predicted molar refractivity (Wildman–Crippen MR) is 88.8 cm³/mol. The van der Waals surface area contributed by atoms with E-state index in [0.29, 0.717) is 6.54 Å². The zero-order chi connectivity index (χ0) is 16.2. The molecule has 2 atom stereocenters. The first-order chi connectivity index (χ1) is 11.1. The second kappa shape index (κ2) is 7.40. The highest BCUT2D eigenvalue weighted by Crippen LogP contribution is 2.34. The van der Waals surface area contributed by atoms with E-state index in [1.165, 1.54) is 0 Å².